The van der Waals surface area contributed by atoms with Gasteiger partial charge >= 0.3 is 0 Å². The first-order valence-electron chi connectivity index (χ1n) is 18.7. The molecule has 0 amide bonds. The Morgan fingerprint density at radius 3 is 0.879 bits per heavy atom. The van der Waals surface area contributed by atoms with Crippen LogP contribution in [0.5, 0.6) is 23.0 Å². The molecule has 0 aliphatic heterocycles. The number of hydrogen-bond donors (Lipinski definition) is 4. The largest absolute Gasteiger partial charge is 0.507 e. The molecule has 0 aliphatic carbocycles. The number of fused-ring (bicyclic) bond motifs is 4. The number of aromatic hydroxyl groups is 4. The van der Waals surface area contributed by atoms with E-state index >= 15 is 0 Å². The fraction of sp³-hybridized carbons (Fsp3) is 0. The molecule has 0 aromatic heterocycles. The summed E-state index contributed by atoms with van der Waals surface area (Å²) >= 11 is 6.95. The summed E-state index contributed by atoms with van der Waals surface area (Å²) in [6.07, 6.45) is 0. The van der Waals surface area contributed by atoms with E-state index in [0.717, 1.165) is 74.3 Å². The van der Waals surface area contributed by atoms with Gasteiger partial charge in [-0.05, 0) is 126 Å². The molecule has 58 heavy (non-hydrogen) atoms. The highest BCUT2D eigenvalue weighted by Gasteiger charge is 2.19. The Kier molecular flexibility index (Phi) is 9.82. The van der Waals surface area contributed by atoms with Crippen LogP contribution in [-0.4, -0.2) is 20.4 Å². The van der Waals surface area contributed by atoms with E-state index in [2.05, 4.69) is 80.4 Å². The molecule has 280 valence electrons. The summed E-state index contributed by atoms with van der Waals surface area (Å²) in [4.78, 5) is 0. The quantitative estimate of drug-likeness (QED) is 0.142. The van der Waals surface area contributed by atoms with Crippen molar-refractivity contribution in [2.75, 3.05) is 0 Å². The Hall–Kier alpha value is -6.60. The van der Waals surface area contributed by atoms with E-state index in [4.69, 9.17) is 0 Å². The van der Waals surface area contributed by atoms with Crippen LogP contribution in [0, 0.1) is 0 Å². The van der Waals surface area contributed by atoms with E-state index in [-0.39, 0.29) is 23.0 Å². The first-order chi connectivity index (χ1) is 28.2. The van der Waals surface area contributed by atoms with Crippen LogP contribution in [0.15, 0.2) is 191 Å². The van der Waals surface area contributed by atoms with Gasteiger partial charge in [0.2, 0.25) is 0 Å². The number of benzene rings is 10. The summed E-state index contributed by atoms with van der Waals surface area (Å²) in [6, 6.07) is 59.0. The molecule has 0 fully saturated rings. The first kappa shape index (κ1) is 37.0. The lowest BCUT2D eigenvalue weighted by atomic mass is 9.90. The maximum Gasteiger partial charge on any atom is 0.124 e. The highest BCUT2D eigenvalue weighted by Crippen LogP contribution is 2.47. The standard InChI is InChI=1S/C32H22O2.C20H12Br2O2/c33-29-17-13-25-19-23(21-7-3-1-4-8-21)11-15-27(25)31(29)32-28-16-12-24(22-9-5-2-6-10-22)20-26(28)14-18-30(32)34;21-13-3-5-15-11(9-13)1-7-17(23)19(15)20-16-6-4-14(22)10-12(16)2-8-18(20)24/h1-20,33-34H;1-10,23-24H. The van der Waals surface area contributed by atoms with Gasteiger partial charge in [-0.1, -0.05) is 153 Å². The van der Waals surface area contributed by atoms with Crippen LogP contribution in [0.4, 0.5) is 0 Å². The lowest BCUT2D eigenvalue weighted by Gasteiger charge is -2.15. The molecule has 0 radical (unpaired) electrons. The van der Waals surface area contributed by atoms with Gasteiger partial charge in [-0.15, -0.1) is 0 Å². The van der Waals surface area contributed by atoms with Crippen molar-refractivity contribution < 1.29 is 20.4 Å². The third-order valence-corrected chi connectivity index (χ3v) is 11.6. The molecule has 0 atom stereocenters. The first-order valence-corrected chi connectivity index (χ1v) is 20.3. The average molecular weight is 883 g/mol. The second kappa shape index (κ2) is 15.4. The molecule has 4 nitrogen and oxygen atoms in total. The second-order valence-corrected chi connectivity index (χ2v) is 16.0. The maximum absolute atomic E-state index is 11.0. The average Bonchev–Trinajstić information content (AvgIpc) is 3.25. The molecule has 10 aromatic carbocycles. The highest BCUT2D eigenvalue weighted by atomic mass is 79.9. The van der Waals surface area contributed by atoms with Gasteiger partial charge < -0.3 is 20.4 Å². The molecule has 0 saturated heterocycles. The molecule has 0 saturated carbocycles. The minimum absolute atomic E-state index is 0.148. The van der Waals surface area contributed by atoms with Gasteiger partial charge in [0.1, 0.15) is 23.0 Å². The van der Waals surface area contributed by atoms with Crippen LogP contribution in [-0.2, 0) is 0 Å². The number of rotatable bonds is 4. The van der Waals surface area contributed by atoms with Crippen LogP contribution in [0.1, 0.15) is 0 Å². The molecule has 10 aromatic rings. The SMILES string of the molecule is Oc1ccc2cc(-c3ccccc3)ccc2c1-c1c(O)ccc2cc(-c3ccccc3)ccc12.Oc1ccc2cc(Br)ccc2c1-c1c(O)ccc2cc(Br)ccc12. The van der Waals surface area contributed by atoms with Crippen molar-refractivity contribution >= 4 is 74.9 Å². The van der Waals surface area contributed by atoms with E-state index in [1.165, 1.54) is 0 Å². The maximum atomic E-state index is 11.0. The smallest absolute Gasteiger partial charge is 0.124 e. The zero-order chi connectivity index (χ0) is 39.9. The van der Waals surface area contributed by atoms with E-state index in [1.54, 1.807) is 24.3 Å². The minimum atomic E-state index is 0.148. The van der Waals surface area contributed by atoms with Gasteiger partial charge in [-0.25, -0.2) is 0 Å². The van der Waals surface area contributed by atoms with Crippen LogP contribution in [0.2, 0.25) is 0 Å². The number of hydrogen-bond acceptors (Lipinski definition) is 4. The molecule has 0 aliphatic rings. The molecular formula is C52H34Br2O4. The molecule has 6 heteroatoms. The second-order valence-electron chi connectivity index (χ2n) is 14.2. The Balaban J connectivity index is 0.000000160. The fourth-order valence-corrected chi connectivity index (χ4v) is 8.64. The van der Waals surface area contributed by atoms with Gasteiger partial charge in [-0.3, -0.25) is 0 Å². The Morgan fingerprint density at radius 2 is 0.552 bits per heavy atom. The summed E-state index contributed by atoms with van der Waals surface area (Å²) in [5, 5.41) is 50.6. The number of phenols is 4. The van der Waals surface area contributed by atoms with Crippen molar-refractivity contribution in [3.05, 3.63) is 191 Å². The van der Waals surface area contributed by atoms with Crippen molar-refractivity contribution in [2.45, 2.75) is 0 Å². The van der Waals surface area contributed by atoms with Gasteiger partial charge in [0.05, 0.1) is 0 Å². The molecule has 10 rings (SSSR count). The van der Waals surface area contributed by atoms with Crippen molar-refractivity contribution in [1.82, 2.24) is 0 Å². The van der Waals surface area contributed by atoms with Gasteiger partial charge in [-0.2, -0.15) is 0 Å². The summed E-state index contributed by atoms with van der Waals surface area (Å²) in [6.45, 7) is 0. The third-order valence-electron chi connectivity index (χ3n) is 10.6. The van der Waals surface area contributed by atoms with E-state index in [9.17, 15) is 20.4 Å². The Labute approximate surface area is 351 Å². The van der Waals surface area contributed by atoms with Crippen molar-refractivity contribution in [1.29, 1.82) is 0 Å². The molecular weight excluding hydrogens is 848 g/mol. The predicted octanol–water partition coefficient (Wildman–Crippen LogP) is 15.0. The number of halogens is 2. The zero-order valence-corrected chi connectivity index (χ0v) is 34.0. The molecule has 0 spiro atoms. The molecule has 0 heterocycles. The van der Waals surface area contributed by atoms with Gasteiger partial charge in [0.15, 0.2) is 0 Å². The fourth-order valence-electron chi connectivity index (χ4n) is 7.89. The predicted molar refractivity (Wildman–Crippen MR) is 247 cm³/mol. The van der Waals surface area contributed by atoms with Crippen LogP contribution < -0.4 is 0 Å². The Bertz CT molecular complexity index is 2970. The van der Waals surface area contributed by atoms with E-state index in [1.807, 2.05) is 109 Å². The van der Waals surface area contributed by atoms with E-state index in [0.29, 0.717) is 22.3 Å². The number of phenolic OH excluding ortho intramolecular Hbond substituents is 4. The summed E-state index contributed by atoms with van der Waals surface area (Å²) < 4.78 is 1.94. The molecule has 0 unspecified atom stereocenters. The van der Waals surface area contributed by atoms with Crippen molar-refractivity contribution in [3.63, 3.8) is 0 Å². The third kappa shape index (κ3) is 6.91. The van der Waals surface area contributed by atoms with Gasteiger partial charge in [0.25, 0.3) is 0 Å². The lowest BCUT2D eigenvalue weighted by molar-refractivity contribution is 0.470. The normalized spacial score (nSPS) is 11.2. The molecule has 0 bridgehead atoms. The van der Waals surface area contributed by atoms with Crippen molar-refractivity contribution in [3.8, 4) is 67.5 Å². The minimum Gasteiger partial charge on any atom is -0.507 e. The Morgan fingerprint density at radius 1 is 0.259 bits per heavy atom. The van der Waals surface area contributed by atoms with Gasteiger partial charge in [0, 0.05) is 31.2 Å². The summed E-state index contributed by atoms with van der Waals surface area (Å²) in [5.41, 5.74) is 7.08. The van der Waals surface area contributed by atoms with Crippen LogP contribution >= 0.6 is 31.9 Å². The monoisotopic (exact) mass is 880 g/mol. The van der Waals surface area contributed by atoms with Crippen LogP contribution in [0.3, 0.4) is 0 Å². The lowest BCUT2D eigenvalue weighted by Crippen LogP contribution is -1.88. The van der Waals surface area contributed by atoms with Crippen molar-refractivity contribution in [2.24, 2.45) is 0 Å². The van der Waals surface area contributed by atoms with E-state index < -0.39 is 0 Å². The topological polar surface area (TPSA) is 80.9 Å². The summed E-state index contributed by atoms with van der Waals surface area (Å²) in [5.74, 6) is 0.593. The van der Waals surface area contributed by atoms with Crippen LogP contribution in [0.25, 0.3) is 87.6 Å². The highest BCUT2D eigenvalue weighted by molar-refractivity contribution is 9.10. The summed E-state index contributed by atoms with van der Waals surface area (Å²) in [7, 11) is 0. The molecule has 4 N–H and O–H groups in total. The zero-order valence-electron chi connectivity index (χ0n) is 30.9.